The zero-order chi connectivity index (χ0) is 9.26. The maximum atomic E-state index is 5.55. The van der Waals surface area contributed by atoms with Crippen molar-refractivity contribution in [3.8, 4) is 0 Å². The highest BCUT2D eigenvalue weighted by molar-refractivity contribution is 7.80. The average Bonchev–Trinajstić information content (AvgIpc) is 2.75. The first-order valence-electron chi connectivity index (χ1n) is 4.34. The molecule has 3 nitrogen and oxygen atoms in total. The Bertz CT molecular complexity index is 297. The van der Waals surface area contributed by atoms with Crippen LogP contribution in [0, 0.1) is 0 Å². The summed E-state index contributed by atoms with van der Waals surface area (Å²) in [6.45, 7) is 1.89. The molecule has 4 heteroatoms. The predicted octanol–water partition coefficient (Wildman–Crippen LogP) is 1.31. The molecule has 1 atom stereocenters. The zero-order valence-electron chi connectivity index (χ0n) is 7.27. The molecule has 2 heterocycles. The van der Waals surface area contributed by atoms with Crippen LogP contribution in [0.15, 0.2) is 23.0 Å². The van der Waals surface area contributed by atoms with Gasteiger partial charge in [-0.25, -0.2) is 0 Å². The van der Waals surface area contributed by atoms with Gasteiger partial charge in [-0.05, 0) is 30.3 Å². The van der Waals surface area contributed by atoms with Crippen LogP contribution >= 0.6 is 12.2 Å². The molecule has 2 rings (SSSR count). The number of nitrogens with zero attached hydrogens (tertiary/aromatic N) is 1. The smallest absolute Gasteiger partial charge is 0.166 e. The van der Waals surface area contributed by atoms with Gasteiger partial charge < -0.3 is 15.1 Å². The number of thiocarbonyl (C=S) groups is 1. The molecule has 2 N–H and O–H groups in total. The molecule has 0 radical (unpaired) electrons. The zero-order valence-corrected chi connectivity index (χ0v) is 8.09. The second-order valence-electron chi connectivity index (χ2n) is 3.33. The van der Waals surface area contributed by atoms with Crippen LogP contribution in [0.25, 0.3) is 0 Å². The van der Waals surface area contributed by atoms with Crippen LogP contribution in [0.1, 0.15) is 17.9 Å². The van der Waals surface area contributed by atoms with Gasteiger partial charge in [-0.15, -0.1) is 0 Å². The van der Waals surface area contributed by atoms with Gasteiger partial charge in [-0.1, -0.05) is 0 Å². The summed E-state index contributed by atoms with van der Waals surface area (Å²) < 4.78 is 5.04. The minimum atomic E-state index is 0.506. The molecule has 0 aromatic carbocycles. The number of nitrogens with two attached hydrogens (primary N) is 1. The van der Waals surface area contributed by atoms with E-state index >= 15 is 0 Å². The fourth-order valence-electron chi connectivity index (χ4n) is 1.74. The molecule has 70 valence electrons. The molecule has 1 fully saturated rings. The highest BCUT2D eigenvalue weighted by Crippen LogP contribution is 2.26. The van der Waals surface area contributed by atoms with E-state index in [9.17, 15) is 0 Å². The topological polar surface area (TPSA) is 42.4 Å². The molecule has 1 unspecified atom stereocenters. The Morgan fingerprint density at radius 1 is 1.69 bits per heavy atom. The van der Waals surface area contributed by atoms with Crippen molar-refractivity contribution in [3.05, 3.63) is 24.2 Å². The highest BCUT2D eigenvalue weighted by atomic mass is 32.1. The van der Waals surface area contributed by atoms with E-state index in [4.69, 9.17) is 22.4 Å². The Morgan fingerprint density at radius 2 is 2.54 bits per heavy atom. The van der Waals surface area contributed by atoms with Crippen LogP contribution in [0.2, 0.25) is 0 Å². The molecule has 0 saturated carbocycles. The van der Waals surface area contributed by atoms with Crippen LogP contribution < -0.4 is 5.73 Å². The van der Waals surface area contributed by atoms with Crippen molar-refractivity contribution >= 4 is 17.3 Å². The summed E-state index contributed by atoms with van der Waals surface area (Å²) in [6, 6.07) is 2.01. The minimum Gasteiger partial charge on any atom is -0.472 e. The van der Waals surface area contributed by atoms with E-state index in [-0.39, 0.29) is 0 Å². The predicted molar refractivity (Wildman–Crippen MR) is 54.4 cm³/mol. The van der Waals surface area contributed by atoms with E-state index in [1.807, 2.05) is 11.0 Å². The second-order valence-corrected chi connectivity index (χ2v) is 3.74. The molecular formula is C9H12N2OS. The van der Waals surface area contributed by atoms with Crippen molar-refractivity contribution in [1.82, 2.24) is 4.90 Å². The molecule has 0 spiro atoms. The third kappa shape index (κ3) is 1.67. The Balaban J connectivity index is 2.03. The van der Waals surface area contributed by atoms with Crippen molar-refractivity contribution in [2.45, 2.75) is 12.3 Å². The molecule has 13 heavy (non-hydrogen) atoms. The Morgan fingerprint density at radius 3 is 3.08 bits per heavy atom. The summed E-state index contributed by atoms with van der Waals surface area (Å²) >= 11 is 4.92. The van der Waals surface area contributed by atoms with Crippen molar-refractivity contribution in [2.75, 3.05) is 13.1 Å². The van der Waals surface area contributed by atoms with Gasteiger partial charge in [-0.2, -0.15) is 0 Å². The lowest BCUT2D eigenvalue weighted by atomic mass is 10.0. The van der Waals surface area contributed by atoms with Gasteiger partial charge in [0.05, 0.1) is 12.5 Å². The third-order valence-corrected chi connectivity index (χ3v) is 2.77. The number of hydrogen-bond donors (Lipinski definition) is 1. The average molecular weight is 196 g/mol. The molecule has 0 aliphatic carbocycles. The molecule has 1 aliphatic heterocycles. The van der Waals surface area contributed by atoms with Crippen molar-refractivity contribution in [1.29, 1.82) is 0 Å². The van der Waals surface area contributed by atoms with Gasteiger partial charge in [-0.3, -0.25) is 0 Å². The van der Waals surface area contributed by atoms with Gasteiger partial charge in [0.25, 0.3) is 0 Å². The molecule has 1 aromatic heterocycles. The van der Waals surface area contributed by atoms with E-state index in [1.54, 1.807) is 12.5 Å². The first kappa shape index (κ1) is 8.56. The maximum absolute atomic E-state index is 5.55. The third-order valence-electron chi connectivity index (χ3n) is 2.51. The Hall–Kier alpha value is -1.03. The van der Waals surface area contributed by atoms with Gasteiger partial charge in [0, 0.05) is 19.0 Å². The van der Waals surface area contributed by atoms with Crippen molar-refractivity contribution in [2.24, 2.45) is 5.73 Å². The minimum absolute atomic E-state index is 0.506. The fraction of sp³-hybridized carbons (Fsp3) is 0.444. The number of hydrogen-bond acceptors (Lipinski definition) is 2. The van der Waals surface area contributed by atoms with Crippen LogP contribution in [0.5, 0.6) is 0 Å². The SMILES string of the molecule is NC(=S)N1CCC(c2ccoc2)C1. The largest absolute Gasteiger partial charge is 0.472 e. The van der Waals surface area contributed by atoms with Gasteiger partial charge in [0.2, 0.25) is 0 Å². The van der Waals surface area contributed by atoms with Crippen LogP contribution in [-0.2, 0) is 0 Å². The number of likely N-dealkylation sites (tertiary alicyclic amines) is 1. The standard InChI is InChI=1S/C9H12N2OS/c10-9(13)11-3-1-7(5-11)8-2-4-12-6-8/h2,4,6-7H,1,3,5H2,(H2,10,13). The molecule has 1 aliphatic rings. The van der Waals surface area contributed by atoms with Gasteiger partial charge in [0.15, 0.2) is 5.11 Å². The van der Waals surface area contributed by atoms with E-state index in [2.05, 4.69) is 0 Å². The van der Waals surface area contributed by atoms with Gasteiger partial charge >= 0.3 is 0 Å². The number of rotatable bonds is 1. The maximum Gasteiger partial charge on any atom is 0.166 e. The lowest BCUT2D eigenvalue weighted by Gasteiger charge is -2.14. The van der Waals surface area contributed by atoms with Crippen LogP contribution in [-0.4, -0.2) is 23.1 Å². The van der Waals surface area contributed by atoms with Crippen LogP contribution in [0.3, 0.4) is 0 Å². The monoisotopic (exact) mass is 196 g/mol. The molecule has 0 bridgehead atoms. The molecule has 1 aromatic rings. The van der Waals surface area contributed by atoms with Crippen molar-refractivity contribution in [3.63, 3.8) is 0 Å². The molecule has 0 amide bonds. The lowest BCUT2D eigenvalue weighted by molar-refractivity contribution is 0.512. The summed E-state index contributed by atoms with van der Waals surface area (Å²) in [5.74, 6) is 0.528. The van der Waals surface area contributed by atoms with Crippen LogP contribution in [0.4, 0.5) is 0 Å². The summed E-state index contributed by atoms with van der Waals surface area (Å²) in [7, 11) is 0. The summed E-state index contributed by atoms with van der Waals surface area (Å²) in [5.41, 5.74) is 6.80. The summed E-state index contributed by atoms with van der Waals surface area (Å²) in [5, 5.41) is 0.506. The second kappa shape index (κ2) is 3.38. The lowest BCUT2D eigenvalue weighted by Crippen LogP contribution is -2.33. The van der Waals surface area contributed by atoms with E-state index in [0.29, 0.717) is 11.0 Å². The Kier molecular flexibility index (Phi) is 2.22. The number of furan rings is 1. The summed E-state index contributed by atoms with van der Waals surface area (Å²) in [6.07, 6.45) is 4.61. The first-order valence-corrected chi connectivity index (χ1v) is 4.74. The summed E-state index contributed by atoms with van der Waals surface area (Å²) in [4.78, 5) is 2.03. The van der Waals surface area contributed by atoms with Gasteiger partial charge in [0.1, 0.15) is 0 Å². The Labute approximate surface area is 82.5 Å². The highest BCUT2D eigenvalue weighted by Gasteiger charge is 2.24. The normalized spacial score (nSPS) is 22.2. The van der Waals surface area contributed by atoms with E-state index in [1.165, 1.54) is 5.56 Å². The van der Waals surface area contributed by atoms with E-state index in [0.717, 1.165) is 19.5 Å². The fourth-order valence-corrected chi connectivity index (χ4v) is 1.91. The first-order chi connectivity index (χ1) is 6.27. The molecule has 1 saturated heterocycles. The molecular weight excluding hydrogens is 184 g/mol. The quantitative estimate of drug-likeness (QED) is 0.688. The van der Waals surface area contributed by atoms with E-state index < -0.39 is 0 Å². The van der Waals surface area contributed by atoms with Crippen molar-refractivity contribution < 1.29 is 4.42 Å².